The summed E-state index contributed by atoms with van der Waals surface area (Å²) in [5.41, 5.74) is 0. The lowest BCUT2D eigenvalue weighted by Crippen LogP contribution is -2.48. The second-order valence-corrected chi connectivity index (χ2v) is 5.04. The number of aliphatic carboxylic acids is 1. The molecule has 0 rings (SSSR count). The minimum absolute atomic E-state index is 0.0451. The van der Waals surface area contributed by atoms with E-state index in [1.165, 1.54) is 20.0 Å². The van der Waals surface area contributed by atoms with Crippen LogP contribution in [0.3, 0.4) is 0 Å². The molecule has 0 bridgehead atoms. The van der Waals surface area contributed by atoms with Gasteiger partial charge >= 0.3 is 12.0 Å². The third-order valence-electron chi connectivity index (χ3n) is 3.08. The first-order valence-electron chi connectivity index (χ1n) is 7.30. The average molecular weight is 288 g/mol. The van der Waals surface area contributed by atoms with Crippen molar-refractivity contribution in [2.45, 2.75) is 64.5 Å². The summed E-state index contributed by atoms with van der Waals surface area (Å²) in [6.07, 6.45) is 5.78. The number of rotatable bonds is 11. The van der Waals surface area contributed by atoms with Crippen LogP contribution < -0.4 is 10.6 Å². The Balaban J connectivity index is 3.95. The van der Waals surface area contributed by atoms with Crippen molar-refractivity contribution < 1.29 is 19.4 Å². The molecule has 2 atom stereocenters. The van der Waals surface area contributed by atoms with Crippen LogP contribution in [0.1, 0.15) is 52.4 Å². The predicted octanol–water partition coefficient (Wildman–Crippen LogP) is 2.13. The predicted molar refractivity (Wildman–Crippen MR) is 77.8 cm³/mol. The highest BCUT2D eigenvalue weighted by atomic mass is 16.5. The molecule has 3 N–H and O–H groups in total. The quantitative estimate of drug-likeness (QED) is 0.508. The molecule has 0 aliphatic heterocycles. The monoisotopic (exact) mass is 288 g/mol. The Labute approximate surface area is 121 Å². The smallest absolute Gasteiger partial charge is 0.326 e. The maximum Gasteiger partial charge on any atom is 0.326 e. The fourth-order valence-electron chi connectivity index (χ4n) is 1.87. The zero-order valence-corrected chi connectivity index (χ0v) is 12.8. The van der Waals surface area contributed by atoms with Gasteiger partial charge in [0.1, 0.15) is 6.04 Å². The van der Waals surface area contributed by atoms with Gasteiger partial charge in [-0.2, -0.15) is 0 Å². The molecule has 0 saturated carbocycles. The normalized spacial score (nSPS) is 13.6. The van der Waals surface area contributed by atoms with Crippen LogP contribution in [-0.2, 0) is 9.53 Å². The summed E-state index contributed by atoms with van der Waals surface area (Å²) in [7, 11) is 1.50. The van der Waals surface area contributed by atoms with Crippen molar-refractivity contribution in [3.05, 3.63) is 0 Å². The van der Waals surface area contributed by atoms with Crippen molar-refractivity contribution in [1.29, 1.82) is 0 Å². The zero-order chi connectivity index (χ0) is 15.4. The van der Waals surface area contributed by atoms with Crippen LogP contribution >= 0.6 is 0 Å². The van der Waals surface area contributed by atoms with Crippen molar-refractivity contribution in [1.82, 2.24) is 10.6 Å². The Morgan fingerprint density at radius 2 is 1.85 bits per heavy atom. The number of carboxylic acid groups (broad SMARTS) is 1. The summed E-state index contributed by atoms with van der Waals surface area (Å²) in [5.74, 6) is -1.05. The van der Waals surface area contributed by atoms with Gasteiger partial charge in [-0.15, -0.1) is 0 Å². The van der Waals surface area contributed by atoms with Crippen LogP contribution in [0.4, 0.5) is 4.79 Å². The maximum atomic E-state index is 11.7. The number of hydrogen-bond donors (Lipinski definition) is 3. The second kappa shape index (κ2) is 11.5. The molecule has 0 fully saturated rings. The van der Waals surface area contributed by atoms with E-state index in [-0.39, 0.29) is 12.5 Å². The molecule has 6 heteroatoms. The van der Waals surface area contributed by atoms with Crippen molar-refractivity contribution in [3.8, 4) is 0 Å². The Hall–Kier alpha value is -1.30. The molecule has 2 amide bonds. The molecule has 0 saturated heterocycles. The number of urea groups is 1. The third-order valence-corrected chi connectivity index (χ3v) is 3.08. The van der Waals surface area contributed by atoms with Crippen molar-refractivity contribution in [3.63, 3.8) is 0 Å². The van der Waals surface area contributed by atoms with Gasteiger partial charge in [-0.05, 0) is 13.3 Å². The fraction of sp³-hybridized carbons (Fsp3) is 0.857. The topological polar surface area (TPSA) is 87.7 Å². The van der Waals surface area contributed by atoms with E-state index in [0.29, 0.717) is 6.61 Å². The molecule has 6 nitrogen and oxygen atoms in total. The van der Waals surface area contributed by atoms with Crippen LogP contribution in [0.2, 0.25) is 0 Å². The number of methoxy groups -OCH3 is 1. The first-order valence-corrected chi connectivity index (χ1v) is 7.30. The van der Waals surface area contributed by atoms with Crippen LogP contribution in [0.15, 0.2) is 0 Å². The van der Waals surface area contributed by atoms with E-state index in [9.17, 15) is 9.59 Å². The van der Waals surface area contributed by atoms with Crippen molar-refractivity contribution in [2.24, 2.45) is 0 Å². The lowest BCUT2D eigenvalue weighted by Gasteiger charge is -2.18. The van der Waals surface area contributed by atoms with Gasteiger partial charge in [-0.1, -0.05) is 32.6 Å². The fourth-order valence-corrected chi connectivity index (χ4v) is 1.87. The Bertz CT molecular complexity index is 284. The van der Waals surface area contributed by atoms with E-state index in [2.05, 4.69) is 17.6 Å². The number of nitrogens with one attached hydrogen (secondary N) is 2. The standard InChI is InChI=1S/C14H28N2O4/c1-4-5-6-7-8-11(2)15-14(19)16-12(13(17)18)9-10-20-3/h11-12H,4-10H2,1-3H3,(H,17,18)(H2,15,16,19). The van der Waals surface area contributed by atoms with Crippen molar-refractivity contribution >= 4 is 12.0 Å². The largest absolute Gasteiger partial charge is 0.480 e. The number of carbonyl (C=O) groups is 2. The first kappa shape index (κ1) is 18.7. The van der Waals surface area contributed by atoms with Crippen molar-refractivity contribution in [2.75, 3.05) is 13.7 Å². The Kier molecular flexibility index (Phi) is 10.8. The summed E-state index contributed by atoms with van der Waals surface area (Å²) >= 11 is 0. The number of hydrogen-bond acceptors (Lipinski definition) is 3. The highest BCUT2D eigenvalue weighted by molar-refractivity contribution is 5.82. The van der Waals surface area contributed by atoms with Gasteiger partial charge < -0.3 is 20.5 Å². The van der Waals surface area contributed by atoms with Gasteiger partial charge in [0.15, 0.2) is 0 Å². The molecule has 2 unspecified atom stereocenters. The molecule has 20 heavy (non-hydrogen) atoms. The molecule has 0 aromatic carbocycles. The zero-order valence-electron chi connectivity index (χ0n) is 12.8. The SMILES string of the molecule is CCCCCCC(C)NC(=O)NC(CCOC)C(=O)O. The molecule has 0 aromatic rings. The summed E-state index contributed by atoms with van der Waals surface area (Å²) in [5, 5.41) is 14.2. The average Bonchev–Trinajstić information content (AvgIpc) is 2.39. The maximum absolute atomic E-state index is 11.7. The number of ether oxygens (including phenoxy) is 1. The lowest BCUT2D eigenvalue weighted by atomic mass is 10.1. The van der Waals surface area contributed by atoms with Crippen LogP contribution in [0, 0.1) is 0 Å². The van der Waals surface area contributed by atoms with Gasteiger partial charge in [0.2, 0.25) is 0 Å². The van der Waals surface area contributed by atoms with E-state index in [0.717, 1.165) is 19.3 Å². The van der Waals surface area contributed by atoms with Crippen LogP contribution in [0.25, 0.3) is 0 Å². The highest BCUT2D eigenvalue weighted by Gasteiger charge is 2.20. The van der Waals surface area contributed by atoms with Gasteiger partial charge in [-0.25, -0.2) is 9.59 Å². The minimum atomic E-state index is -1.05. The summed E-state index contributed by atoms with van der Waals surface area (Å²) in [4.78, 5) is 22.7. The molecule has 0 aliphatic carbocycles. The van der Waals surface area contributed by atoms with E-state index in [1.54, 1.807) is 0 Å². The summed E-state index contributed by atoms with van der Waals surface area (Å²) in [6, 6.07) is -1.30. The molecule has 0 spiro atoms. The molecular weight excluding hydrogens is 260 g/mol. The van der Waals surface area contributed by atoms with Gasteiger partial charge in [0, 0.05) is 26.2 Å². The van der Waals surface area contributed by atoms with E-state index >= 15 is 0 Å². The Morgan fingerprint density at radius 1 is 1.15 bits per heavy atom. The molecule has 118 valence electrons. The summed E-state index contributed by atoms with van der Waals surface area (Å²) < 4.78 is 4.83. The lowest BCUT2D eigenvalue weighted by molar-refractivity contribution is -0.139. The number of amides is 2. The van der Waals surface area contributed by atoms with Gasteiger partial charge in [0.25, 0.3) is 0 Å². The minimum Gasteiger partial charge on any atom is -0.480 e. The number of unbranched alkanes of at least 4 members (excludes halogenated alkanes) is 3. The van der Waals surface area contributed by atoms with E-state index < -0.39 is 18.0 Å². The first-order chi connectivity index (χ1) is 9.51. The Morgan fingerprint density at radius 3 is 2.40 bits per heavy atom. The van der Waals surface area contributed by atoms with E-state index in [4.69, 9.17) is 9.84 Å². The van der Waals surface area contributed by atoms with Crippen LogP contribution in [0.5, 0.6) is 0 Å². The van der Waals surface area contributed by atoms with E-state index in [1.807, 2.05) is 6.92 Å². The molecule has 0 heterocycles. The van der Waals surface area contributed by atoms with Gasteiger partial charge in [-0.3, -0.25) is 0 Å². The number of carboxylic acids is 1. The molecule has 0 aliphatic rings. The number of carbonyl (C=O) groups excluding carboxylic acids is 1. The third kappa shape index (κ3) is 9.61. The second-order valence-electron chi connectivity index (χ2n) is 5.04. The van der Waals surface area contributed by atoms with Gasteiger partial charge in [0.05, 0.1) is 0 Å². The molecule has 0 aromatic heterocycles. The molecule has 0 radical (unpaired) electrons. The van der Waals surface area contributed by atoms with Crippen LogP contribution in [-0.4, -0.2) is 42.9 Å². The summed E-state index contributed by atoms with van der Waals surface area (Å²) in [6.45, 7) is 4.38. The molecular formula is C14H28N2O4. The highest BCUT2D eigenvalue weighted by Crippen LogP contribution is 2.05.